The lowest BCUT2D eigenvalue weighted by Crippen LogP contribution is -2.63. The molecule has 0 radical (unpaired) electrons. The SMILES string of the molecule is CCCCOC1CC(NC(=NCc2nnc(C)n2C)NCCCSC)C1(C)C. The highest BCUT2D eigenvalue weighted by molar-refractivity contribution is 7.98. The number of aliphatic imine (C=N–C) groups is 1. The molecule has 2 atom stereocenters. The molecule has 0 bridgehead atoms. The van der Waals surface area contributed by atoms with E-state index < -0.39 is 0 Å². The Morgan fingerprint density at radius 3 is 2.75 bits per heavy atom. The Morgan fingerprint density at radius 1 is 1.36 bits per heavy atom. The summed E-state index contributed by atoms with van der Waals surface area (Å²) in [6.45, 7) is 11.0. The van der Waals surface area contributed by atoms with Crippen LogP contribution >= 0.6 is 11.8 Å². The van der Waals surface area contributed by atoms with Gasteiger partial charge in [-0.2, -0.15) is 11.8 Å². The van der Waals surface area contributed by atoms with Crippen LogP contribution in [0.3, 0.4) is 0 Å². The molecule has 2 rings (SSSR count). The smallest absolute Gasteiger partial charge is 0.191 e. The molecule has 0 aromatic carbocycles. The molecule has 2 unspecified atom stereocenters. The molecule has 28 heavy (non-hydrogen) atoms. The van der Waals surface area contributed by atoms with E-state index in [1.165, 1.54) is 6.42 Å². The molecule has 1 aromatic rings. The van der Waals surface area contributed by atoms with Gasteiger partial charge in [0.2, 0.25) is 0 Å². The van der Waals surface area contributed by atoms with Crippen LogP contribution in [0.4, 0.5) is 0 Å². The van der Waals surface area contributed by atoms with Gasteiger partial charge in [-0.1, -0.05) is 27.2 Å². The Labute approximate surface area is 174 Å². The summed E-state index contributed by atoms with van der Waals surface area (Å²) in [5.41, 5.74) is 0.0941. The summed E-state index contributed by atoms with van der Waals surface area (Å²) < 4.78 is 8.07. The van der Waals surface area contributed by atoms with Crippen LogP contribution < -0.4 is 10.6 Å². The number of nitrogens with one attached hydrogen (secondary N) is 2. The van der Waals surface area contributed by atoms with Crippen LogP contribution in [-0.4, -0.2) is 58.0 Å². The maximum atomic E-state index is 6.08. The van der Waals surface area contributed by atoms with Crippen LogP contribution in [-0.2, 0) is 18.3 Å². The minimum Gasteiger partial charge on any atom is -0.378 e. The third kappa shape index (κ3) is 6.11. The van der Waals surface area contributed by atoms with Crippen molar-refractivity contribution >= 4 is 17.7 Å². The van der Waals surface area contributed by atoms with Crippen LogP contribution in [0.5, 0.6) is 0 Å². The van der Waals surface area contributed by atoms with Crippen molar-refractivity contribution in [1.82, 2.24) is 25.4 Å². The molecule has 1 heterocycles. The molecule has 1 aliphatic rings. The Morgan fingerprint density at radius 2 is 2.14 bits per heavy atom. The molecule has 1 aromatic heterocycles. The van der Waals surface area contributed by atoms with Crippen LogP contribution in [0.15, 0.2) is 4.99 Å². The summed E-state index contributed by atoms with van der Waals surface area (Å²) in [6, 6.07) is 0.354. The molecule has 0 amide bonds. The van der Waals surface area contributed by atoms with Crippen molar-refractivity contribution in [2.24, 2.45) is 17.5 Å². The zero-order chi connectivity index (χ0) is 20.6. The summed E-state index contributed by atoms with van der Waals surface area (Å²) in [5, 5.41) is 15.5. The van der Waals surface area contributed by atoms with Gasteiger partial charge in [0.25, 0.3) is 0 Å². The molecule has 2 N–H and O–H groups in total. The summed E-state index contributed by atoms with van der Waals surface area (Å²) >= 11 is 1.87. The molecular formula is C20H38N6OS. The highest BCUT2D eigenvalue weighted by Gasteiger charge is 2.49. The lowest BCUT2D eigenvalue weighted by atomic mass is 9.64. The van der Waals surface area contributed by atoms with Crippen molar-refractivity contribution in [3.8, 4) is 0 Å². The van der Waals surface area contributed by atoms with Crippen molar-refractivity contribution in [1.29, 1.82) is 0 Å². The van der Waals surface area contributed by atoms with Crippen LogP contribution in [0.1, 0.15) is 58.1 Å². The van der Waals surface area contributed by atoms with Gasteiger partial charge in [-0.15, -0.1) is 10.2 Å². The summed E-state index contributed by atoms with van der Waals surface area (Å²) in [7, 11) is 1.98. The first-order chi connectivity index (χ1) is 13.4. The third-order valence-corrected chi connectivity index (χ3v) is 6.38. The Bertz CT molecular complexity index is 630. The summed E-state index contributed by atoms with van der Waals surface area (Å²) in [4.78, 5) is 4.78. The molecule has 1 aliphatic carbocycles. The van der Waals surface area contributed by atoms with E-state index in [1.54, 1.807) is 0 Å². The Balaban J connectivity index is 1.95. The van der Waals surface area contributed by atoms with E-state index in [2.05, 4.69) is 47.9 Å². The lowest BCUT2D eigenvalue weighted by molar-refractivity contribution is -0.113. The largest absolute Gasteiger partial charge is 0.378 e. The highest BCUT2D eigenvalue weighted by atomic mass is 32.2. The number of guanidine groups is 1. The van der Waals surface area contributed by atoms with E-state index in [0.29, 0.717) is 18.7 Å². The Hall–Kier alpha value is -1.28. The minimum atomic E-state index is 0.0941. The molecule has 8 heteroatoms. The number of hydrogen-bond acceptors (Lipinski definition) is 5. The number of hydrogen-bond donors (Lipinski definition) is 2. The third-order valence-electron chi connectivity index (χ3n) is 5.68. The fraction of sp³-hybridized carbons (Fsp3) is 0.850. The zero-order valence-corrected chi connectivity index (χ0v) is 19.2. The quantitative estimate of drug-likeness (QED) is 0.332. The van der Waals surface area contributed by atoms with E-state index in [4.69, 9.17) is 9.73 Å². The monoisotopic (exact) mass is 410 g/mol. The number of thioether (sulfide) groups is 1. The van der Waals surface area contributed by atoms with Gasteiger partial charge in [-0.05, 0) is 38.2 Å². The van der Waals surface area contributed by atoms with Gasteiger partial charge in [0.05, 0.1) is 6.10 Å². The van der Waals surface area contributed by atoms with Gasteiger partial charge in [-0.25, -0.2) is 4.99 Å². The molecular weight excluding hydrogens is 372 g/mol. The van der Waals surface area contributed by atoms with Crippen molar-refractivity contribution < 1.29 is 4.74 Å². The van der Waals surface area contributed by atoms with Gasteiger partial charge in [0.1, 0.15) is 12.4 Å². The van der Waals surface area contributed by atoms with E-state index in [0.717, 1.165) is 55.8 Å². The number of aromatic nitrogens is 3. The van der Waals surface area contributed by atoms with Crippen LogP contribution in [0.25, 0.3) is 0 Å². The van der Waals surface area contributed by atoms with Crippen molar-refractivity contribution in [3.05, 3.63) is 11.6 Å². The van der Waals surface area contributed by atoms with Crippen molar-refractivity contribution in [2.75, 3.05) is 25.2 Å². The first kappa shape index (κ1) is 23.0. The number of unbranched alkanes of at least 4 members (excludes halogenated alkanes) is 1. The van der Waals surface area contributed by atoms with Crippen molar-refractivity contribution in [2.45, 2.75) is 72.1 Å². The van der Waals surface area contributed by atoms with Crippen LogP contribution in [0, 0.1) is 12.3 Å². The van der Waals surface area contributed by atoms with Gasteiger partial charge in [0, 0.05) is 31.7 Å². The predicted molar refractivity (Wildman–Crippen MR) is 118 cm³/mol. The van der Waals surface area contributed by atoms with Gasteiger partial charge in [0.15, 0.2) is 11.8 Å². The fourth-order valence-corrected chi connectivity index (χ4v) is 3.70. The molecule has 160 valence electrons. The number of nitrogens with zero attached hydrogens (tertiary/aromatic N) is 4. The van der Waals surface area contributed by atoms with Crippen molar-refractivity contribution in [3.63, 3.8) is 0 Å². The second-order valence-electron chi connectivity index (χ2n) is 8.13. The fourth-order valence-electron chi connectivity index (χ4n) is 3.26. The molecule has 0 aliphatic heterocycles. The Kier molecular flexibility index (Phi) is 9.08. The maximum absolute atomic E-state index is 6.08. The number of rotatable bonds is 11. The second-order valence-corrected chi connectivity index (χ2v) is 9.11. The first-order valence-corrected chi connectivity index (χ1v) is 11.8. The van der Waals surface area contributed by atoms with Gasteiger partial charge in [-0.3, -0.25) is 0 Å². The van der Waals surface area contributed by atoms with Crippen LogP contribution in [0.2, 0.25) is 0 Å². The number of aryl methyl sites for hydroxylation is 1. The zero-order valence-electron chi connectivity index (χ0n) is 18.4. The lowest BCUT2D eigenvalue weighted by Gasteiger charge is -2.52. The molecule has 7 nitrogen and oxygen atoms in total. The van der Waals surface area contributed by atoms with E-state index >= 15 is 0 Å². The predicted octanol–water partition coefficient (Wildman–Crippen LogP) is 2.90. The average Bonchev–Trinajstić information content (AvgIpc) is 2.99. The second kappa shape index (κ2) is 11.0. The van der Waals surface area contributed by atoms with E-state index in [1.807, 2.05) is 30.3 Å². The van der Waals surface area contributed by atoms with Gasteiger partial charge < -0.3 is 19.9 Å². The summed E-state index contributed by atoms with van der Waals surface area (Å²) in [5.74, 6) is 3.77. The van der Waals surface area contributed by atoms with E-state index in [-0.39, 0.29) is 5.41 Å². The van der Waals surface area contributed by atoms with Gasteiger partial charge >= 0.3 is 0 Å². The first-order valence-electron chi connectivity index (χ1n) is 10.4. The molecule has 1 fully saturated rings. The van der Waals surface area contributed by atoms with E-state index in [9.17, 15) is 0 Å². The topological polar surface area (TPSA) is 76.4 Å². The molecule has 1 saturated carbocycles. The highest BCUT2D eigenvalue weighted by Crippen LogP contribution is 2.42. The summed E-state index contributed by atoms with van der Waals surface area (Å²) in [6.07, 6.45) is 6.89. The number of ether oxygens (including phenoxy) is 1. The normalized spacial score (nSPS) is 21.4. The average molecular weight is 411 g/mol. The minimum absolute atomic E-state index is 0.0941. The molecule has 0 saturated heterocycles. The molecule has 0 spiro atoms. The maximum Gasteiger partial charge on any atom is 0.191 e. The standard InChI is InChI=1S/C20H38N6OS/c1-7-8-11-27-17-13-16(20(17,3)4)23-19(21-10-9-12-28-6)22-14-18-25-24-15(2)26(18)5/h16-17H,7-14H2,1-6H3,(H2,21,22,23).